The molecule has 0 spiro atoms. The van der Waals surface area contributed by atoms with Gasteiger partial charge in [-0.25, -0.2) is 4.79 Å². The Morgan fingerprint density at radius 1 is 0.438 bits per heavy atom. The molecule has 22 heteroatoms. The number of carboxylic acids is 1. The van der Waals surface area contributed by atoms with E-state index in [-0.39, 0.29) is 31.0 Å². The Kier molecular flexibility index (Phi) is 8.45. The molecule has 0 aromatic carbocycles. The fraction of sp³-hybridized carbons (Fsp3) is 0.900. The molecule has 0 heterocycles. The van der Waals surface area contributed by atoms with Gasteiger partial charge in [0.05, 0.1) is 0 Å². The molecule has 0 rings (SSSR count). The van der Waals surface area contributed by atoms with Crippen LogP contribution in [0.4, 0.5) is 83.4 Å². The fourth-order valence-corrected chi connectivity index (χ4v) is 1.50. The van der Waals surface area contributed by atoms with E-state index in [1.807, 2.05) is 0 Å². The maximum absolute atomic E-state index is 13.1. The standard InChI is InChI=1S/C10HF19O2.Na.H/c11-2(12,1(30)31)3(13,14)4(15,16)5(17,18)6(19,20)7(21,22)8(23,24)9(25,26)10(27,28)29;;/h(H,30,31);;/q;+1;-1. The number of hydrogen-bond acceptors (Lipinski definition) is 1. The predicted octanol–water partition coefficient (Wildman–Crippen LogP) is 2.83. The van der Waals surface area contributed by atoms with Crippen LogP contribution in [-0.4, -0.2) is 64.6 Å². The van der Waals surface area contributed by atoms with Crippen LogP contribution in [0, 0.1) is 0 Å². The summed E-state index contributed by atoms with van der Waals surface area (Å²) in [6, 6.07) is 0. The smallest absolute Gasteiger partial charge is 1.00 e. The van der Waals surface area contributed by atoms with E-state index in [2.05, 4.69) is 0 Å². The number of rotatable bonds is 8. The van der Waals surface area contributed by atoms with Gasteiger partial charge in [-0.2, -0.15) is 83.4 Å². The molecule has 0 unspecified atom stereocenters. The molecule has 32 heavy (non-hydrogen) atoms. The minimum absolute atomic E-state index is 0. The third-order valence-corrected chi connectivity index (χ3v) is 3.38. The molecule has 0 aromatic heterocycles. The molecule has 0 aliphatic carbocycles. The molecule has 188 valence electrons. The van der Waals surface area contributed by atoms with E-state index in [4.69, 9.17) is 5.11 Å². The van der Waals surface area contributed by atoms with Crippen molar-refractivity contribution in [1.29, 1.82) is 0 Å². The molecule has 0 bridgehead atoms. The van der Waals surface area contributed by atoms with Gasteiger partial charge in [0.15, 0.2) is 0 Å². The number of carboxylic acid groups (broad SMARTS) is 1. The largest absolute Gasteiger partial charge is 1.00 e. The van der Waals surface area contributed by atoms with Gasteiger partial charge in [-0.1, -0.05) is 0 Å². The van der Waals surface area contributed by atoms with Gasteiger partial charge in [-0.15, -0.1) is 0 Å². The summed E-state index contributed by atoms with van der Waals surface area (Å²) >= 11 is 0. The van der Waals surface area contributed by atoms with E-state index >= 15 is 0 Å². The molecular weight excluding hydrogens is 536 g/mol. The first-order valence-electron chi connectivity index (χ1n) is 6.27. The molecule has 1 N–H and O–H groups in total. The van der Waals surface area contributed by atoms with E-state index in [0.29, 0.717) is 0 Å². The Hall–Kier alpha value is -0.860. The molecule has 0 fully saturated rings. The van der Waals surface area contributed by atoms with Crippen LogP contribution in [0.15, 0.2) is 0 Å². The van der Waals surface area contributed by atoms with E-state index in [1.54, 1.807) is 0 Å². The summed E-state index contributed by atoms with van der Waals surface area (Å²) in [5.41, 5.74) is 0. The fourth-order valence-electron chi connectivity index (χ4n) is 1.50. The molecule has 0 aliphatic heterocycles. The van der Waals surface area contributed by atoms with Crippen LogP contribution < -0.4 is 29.6 Å². The molecule has 0 radical (unpaired) electrons. The van der Waals surface area contributed by atoms with Crippen LogP contribution in [-0.2, 0) is 4.79 Å². The normalized spacial score (nSPS) is 16.0. The first kappa shape index (κ1) is 33.3. The van der Waals surface area contributed by atoms with E-state index < -0.39 is 59.5 Å². The van der Waals surface area contributed by atoms with Gasteiger partial charge in [0.1, 0.15) is 0 Å². The van der Waals surface area contributed by atoms with Crippen molar-refractivity contribution in [2.75, 3.05) is 0 Å². The number of hydrogen-bond donors (Lipinski definition) is 1. The molecule has 2 nitrogen and oxygen atoms in total. The van der Waals surface area contributed by atoms with E-state index in [0.717, 1.165) is 0 Å². The monoisotopic (exact) mass is 538 g/mol. The summed E-state index contributed by atoms with van der Waals surface area (Å²) in [7, 11) is 0. The maximum Gasteiger partial charge on any atom is 1.00 e. The second-order valence-corrected chi connectivity index (χ2v) is 5.40. The quantitative estimate of drug-likeness (QED) is 0.382. The number of aliphatic carboxylic acids is 1. The first-order chi connectivity index (χ1) is 12.9. The second kappa shape index (κ2) is 8.12. The summed E-state index contributed by atoms with van der Waals surface area (Å²) in [6.45, 7) is 0. The first-order valence-corrected chi connectivity index (χ1v) is 6.27. The van der Waals surface area contributed by atoms with Crippen LogP contribution in [0.25, 0.3) is 0 Å². The van der Waals surface area contributed by atoms with Crippen LogP contribution in [0.2, 0.25) is 0 Å². The number of halogens is 19. The summed E-state index contributed by atoms with van der Waals surface area (Å²) < 4.78 is 242. The number of alkyl halides is 19. The van der Waals surface area contributed by atoms with Crippen molar-refractivity contribution in [2.45, 2.75) is 53.6 Å². The van der Waals surface area contributed by atoms with Gasteiger partial charge < -0.3 is 6.53 Å². The minimum atomic E-state index is -9.06. The Bertz CT molecular complexity index is 714. The van der Waals surface area contributed by atoms with Crippen LogP contribution in [0.5, 0.6) is 0 Å². The van der Waals surface area contributed by atoms with Crippen molar-refractivity contribution >= 4 is 5.97 Å². The molecular formula is C10H2F19NaO2. The van der Waals surface area contributed by atoms with Gasteiger partial charge in [-0.3, -0.25) is 0 Å². The van der Waals surface area contributed by atoms with Gasteiger partial charge >= 0.3 is 89.1 Å². The summed E-state index contributed by atoms with van der Waals surface area (Å²) in [6.07, 6.45) is -7.95. The van der Waals surface area contributed by atoms with Crippen LogP contribution in [0.3, 0.4) is 0 Å². The summed E-state index contributed by atoms with van der Waals surface area (Å²) in [5.74, 6) is -73.3. The van der Waals surface area contributed by atoms with Crippen molar-refractivity contribution in [1.82, 2.24) is 0 Å². The topological polar surface area (TPSA) is 37.3 Å². The minimum Gasteiger partial charge on any atom is -1.00 e. The van der Waals surface area contributed by atoms with Gasteiger partial charge in [0.25, 0.3) is 0 Å². The van der Waals surface area contributed by atoms with Crippen LogP contribution >= 0.6 is 0 Å². The molecule has 0 aliphatic rings. The molecule has 0 atom stereocenters. The van der Waals surface area contributed by atoms with Crippen molar-refractivity contribution in [3.05, 3.63) is 0 Å². The third kappa shape index (κ3) is 3.88. The van der Waals surface area contributed by atoms with Crippen molar-refractivity contribution in [2.24, 2.45) is 0 Å². The Balaban J connectivity index is -0.00000450. The Labute approximate surface area is 184 Å². The SMILES string of the molecule is O=C(O)C(F)(F)C(F)(F)C(F)(F)C(F)(F)C(F)(F)C(F)(F)C(F)(F)C(F)(F)C(F)(F)F.[H-].[Na+]. The van der Waals surface area contributed by atoms with Crippen molar-refractivity contribution < 1.29 is 124 Å². The average Bonchev–Trinajstić information content (AvgIpc) is 2.52. The van der Waals surface area contributed by atoms with E-state index in [9.17, 15) is 88.2 Å². The molecule has 0 saturated heterocycles. The summed E-state index contributed by atoms with van der Waals surface area (Å²) in [5, 5.41) is 7.61. The molecule has 0 aromatic rings. The van der Waals surface area contributed by atoms with Crippen LogP contribution in [0.1, 0.15) is 1.43 Å². The van der Waals surface area contributed by atoms with Gasteiger partial charge in [0.2, 0.25) is 0 Å². The molecule has 0 amide bonds. The van der Waals surface area contributed by atoms with Crippen molar-refractivity contribution in [3.63, 3.8) is 0 Å². The zero-order valence-corrected chi connectivity index (χ0v) is 16.0. The zero-order valence-electron chi connectivity index (χ0n) is 15.0. The molecule has 0 saturated carbocycles. The third-order valence-electron chi connectivity index (χ3n) is 3.38. The zero-order chi connectivity index (χ0) is 26.1. The average molecular weight is 538 g/mol. The Morgan fingerprint density at radius 2 is 0.625 bits per heavy atom. The van der Waals surface area contributed by atoms with Crippen molar-refractivity contribution in [3.8, 4) is 0 Å². The number of carbonyl (C=O) groups is 1. The van der Waals surface area contributed by atoms with Gasteiger partial charge in [-0.05, 0) is 0 Å². The summed E-state index contributed by atoms with van der Waals surface area (Å²) in [4.78, 5) is 9.80. The predicted molar refractivity (Wildman–Crippen MR) is 54.4 cm³/mol. The van der Waals surface area contributed by atoms with Gasteiger partial charge in [0, 0.05) is 0 Å². The van der Waals surface area contributed by atoms with E-state index in [1.165, 1.54) is 0 Å². The maximum atomic E-state index is 13.1. The Morgan fingerprint density at radius 3 is 0.812 bits per heavy atom. The second-order valence-electron chi connectivity index (χ2n) is 5.40.